The zero-order valence-corrected chi connectivity index (χ0v) is 67.4. The summed E-state index contributed by atoms with van der Waals surface area (Å²) in [5, 5.41) is 26.8. The number of alkyl halides is 3. The van der Waals surface area contributed by atoms with Crippen molar-refractivity contribution >= 4 is 112 Å². The molecule has 34 nitrogen and oxygen atoms in total. The first-order valence-corrected chi connectivity index (χ1v) is 39.8. The van der Waals surface area contributed by atoms with Crippen LogP contribution < -0.4 is 22.5 Å². The first-order valence-electron chi connectivity index (χ1n) is 35.8. The second-order valence-corrected chi connectivity index (χ2v) is 31.7. The van der Waals surface area contributed by atoms with E-state index >= 15 is 0 Å². The number of hydrogen-bond donors (Lipinski definition) is 6. The van der Waals surface area contributed by atoms with Gasteiger partial charge in [-0.2, -0.15) is 18.2 Å². The Bertz CT molecular complexity index is 4520. The number of aliphatic carboxylic acids is 2. The maximum Gasteiger partial charge on any atom is 0.510 e. The highest BCUT2D eigenvalue weighted by molar-refractivity contribution is 9.10. The average molecular weight is 1720 g/mol. The Morgan fingerprint density at radius 3 is 2.10 bits per heavy atom. The van der Waals surface area contributed by atoms with Crippen molar-refractivity contribution in [1.29, 1.82) is 0 Å². The van der Waals surface area contributed by atoms with E-state index in [0.29, 0.717) is 52.6 Å². The number of aliphatic hydroxyl groups excluding tert-OH is 1. The number of thioether (sulfide) groups is 1. The summed E-state index contributed by atoms with van der Waals surface area (Å²) in [7, 11) is -4.06. The minimum atomic E-state index is -4.87. The van der Waals surface area contributed by atoms with Crippen molar-refractivity contribution in [2.75, 3.05) is 88.3 Å². The second kappa shape index (κ2) is 41.4. The third kappa shape index (κ3) is 25.9. The Morgan fingerprint density at radius 1 is 0.868 bits per heavy atom. The molecule has 4 fully saturated rings. The van der Waals surface area contributed by atoms with Gasteiger partial charge in [0, 0.05) is 90.2 Å². The van der Waals surface area contributed by atoms with Crippen molar-refractivity contribution in [2.45, 2.75) is 154 Å². The van der Waals surface area contributed by atoms with Gasteiger partial charge in [0.25, 0.3) is 11.5 Å². The van der Waals surface area contributed by atoms with Gasteiger partial charge < -0.3 is 74.3 Å². The summed E-state index contributed by atoms with van der Waals surface area (Å²) in [6, 6.07) is 11.8. The summed E-state index contributed by atoms with van der Waals surface area (Å²) in [6.07, 6.45) is 1.93. The van der Waals surface area contributed by atoms with Gasteiger partial charge in [-0.05, 0) is 147 Å². The van der Waals surface area contributed by atoms with Crippen molar-refractivity contribution < 1.29 is 108 Å². The monoisotopic (exact) mass is 1720 g/mol. The number of carboxylic acid groups (broad SMARTS) is 2. The first-order chi connectivity index (χ1) is 53.9. The van der Waals surface area contributed by atoms with Crippen LogP contribution in [0.5, 0.6) is 0 Å². The number of aromatic nitrogens is 8. The van der Waals surface area contributed by atoms with E-state index in [2.05, 4.69) is 103 Å². The molecule has 0 spiro atoms. The molecule has 4 aromatic heterocycles. The molecular formula is C72H89BrClF4N14O20PS. The van der Waals surface area contributed by atoms with E-state index in [9.17, 15) is 55.7 Å². The topological polar surface area (TPSA) is 441 Å². The normalized spacial score (nSPS) is 19.8. The summed E-state index contributed by atoms with van der Waals surface area (Å²) in [5.41, 5.74) is 12.9. The highest BCUT2D eigenvalue weighted by atomic mass is 79.9. The maximum absolute atomic E-state index is 13.6. The van der Waals surface area contributed by atoms with Crippen molar-refractivity contribution in [3.63, 3.8) is 0 Å². The van der Waals surface area contributed by atoms with E-state index in [1.54, 1.807) is 45.5 Å². The Labute approximate surface area is 669 Å². The van der Waals surface area contributed by atoms with Gasteiger partial charge in [-0.1, -0.05) is 39.5 Å². The van der Waals surface area contributed by atoms with Crippen molar-refractivity contribution in [3.05, 3.63) is 133 Å². The summed E-state index contributed by atoms with van der Waals surface area (Å²) >= 11 is 10.8. The molecule has 1 unspecified atom stereocenters. The number of carbonyl (C=O) groups excluding carboxylic acids is 4. The Hall–Kier alpha value is -9.14. The molecule has 8 N–H and O–H groups in total. The molecule has 6 atom stereocenters. The molecule has 2 aliphatic carbocycles. The minimum Gasteiger partial charge on any atom is -0.478 e. The Kier molecular flexibility index (Phi) is 32.9. The lowest BCUT2D eigenvalue weighted by Crippen LogP contribution is -2.54. The van der Waals surface area contributed by atoms with Crippen molar-refractivity contribution in [1.82, 2.24) is 53.7 Å². The molecule has 620 valence electrons. The molecule has 0 bridgehead atoms. The van der Waals surface area contributed by atoms with Gasteiger partial charge in [0.15, 0.2) is 23.1 Å². The summed E-state index contributed by atoms with van der Waals surface area (Å²) < 4.78 is 116. The number of nitrogens with zero attached hydrogens (tertiary/aromatic N) is 11. The number of nitrogens with one attached hydrogen (secondary N) is 1. The number of carbonyl (C=O) groups is 6. The van der Waals surface area contributed by atoms with Gasteiger partial charge in [-0.25, -0.2) is 58.1 Å². The summed E-state index contributed by atoms with van der Waals surface area (Å²) in [4.78, 5) is 110. The third-order valence-corrected chi connectivity index (χ3v) is 21.2. The molecule has 8 heterocycles. The summed E-state index contributed by atoms with van der Waals surface area (Å²) in [5.74, 6) is 2.36. The number of ether oxygens (including phenoxy) is 7. The van der Waals surface area contributed by atoms with Crippen LogP contribution >= 0.6 is 46.9 Å². The van der Waals surface area contributed by atoms with Crippen LogP contribution in [0.1, 0.15) is 124 Å². The maximum atomic E-state index is 13.6. The molecule has 2 amide bonds. The minimum absolute atomic E-state index is 0.00179. The number of piperidine rings is 1. The number of cyclic esters (lactones) is 1. The molecule has 2 aromatic carbocycles. The number of rotatable bonds is 21. The molecule has 4 aliphatic heterocycles. The fourth-order valence-corrected chi connectivity index (χ4v) is 14.9. The molecule has 114 heavy (non-hydrogen) atoms. The lowest BCUT2D eigenvalue weighted by Gasteiger charge is -2.45. The number of likely N-dealkylation sites (tertiary alicyclic amines) is 1. The van der Waals surface area contributed by atoms with Gasteiger partial charge in [-0.15, -0.1) is 11.8 Å². The molecular weight excluding hydrogens is 1640 g/mol. The predicted molar refractivity (Wildman–Crippen MR) is 409 cm³/mol. The quantitative estimate of drug-likeness (QED) is 0.00741. The molecule has 3 saturated heterocycles. The number of nitrogen functional groups attached to an aromatic ring is 2. The highest BCUT2D eigenvalue weighted by Gasteiger charge is 2.62. The number of nitrogens with two attached hydrogens (primary N) is 2. The van der Waals surface area contributed by atoms with E-state index in [1.807, 2.05) is 18.7 Å². The number of benzene rings is 2. The Balaban J connectivity index is 0.000000191. The zero-order chi connectivity index (χ0) is 83.4. The number of anilines is 3. The van der Waals surface area contributed by atoms with E-state index in [1.165, 1.54) is 65.0 Å². The van der Waals surface area contributed by atoms with Gasteiger partial charge in [0.2, 0.25) is 13.6 Å². The lowest BCUT2D eigenvalue weighted by atomic mass is 9.90. The van der Waals surface area contributed by atoms with Gasteiger partial charge >= 0.3 is 49.8 Å². The fraction of sp³-hybridized carbons (Fsp3) is 0.514. The number of amides is 2. The van der Waals surface area contributed by atoms with E-state index in [0.717, 1.165) is 93.2 Å². The summed E-state index contributed by atoms with van der Waals surface area (Å²) in [6.45, 7) is 19.3. The zero-order valence-electron chi connectivity index (χ0n) is 63.3. The van der Waals surface area contributed by atoms with Gasteiger partial charge in [0.05, 0.1) is 66.6 Å². The Morgan fingerprint density at radius 2 is 1.51 bits per heavy atom. The number of carboxylic acids is 2. The molecule has 6 aromatic rings. The SMILES string of the molecule is CC(C)OC(=O)OCOP(=O)(CO[C@H](C)Cn1cnc2c(N)ncnc21)OCOC(=O)OC(C)C.Cc1ncnc(C)c1C(=O)N1CCC(CN2CCN(C3CCc4cc(Br)ccc43)[C@@H](C)C2)CC1.Nc1nc(=O)n([C@@H]2CS[C@H](CO)O2)cc1F.O=C(O)/C=C/C(=O)O.O=C1Nc2ccc(Cl)cc2[C@@](C#CC2CC2)(C(F)(F)F)O1. The average Bonchev–Trinajstić information content (AvgIpc) is 0.906. The number of hydrogen-bond acceptors (Lipinski definition) is 29. The third-order valence-electron chi connectivity index (χ3n) is 17.9. The van der Waals surface area contributed by atoms with Crippen LogP contribution in [-0.4, -0.2) is 213 Å². The number of imidazole rings is 1. The van der Waals surface area contributed by atoms with Crippen LogP contribution in [0.2, 0.25) is 5.02 Å². The molecule has 6 aliphatic rings. The van der Waals surface area contributed by atoms with E-state index in [-0.39, 0.29) is 47.1 Å². The van der Waals surface area contributed by atoms with Crippen molar-refractivity contribution in [3.8, 4) is 11.8 Å². The van der Waals surface area contributed by atoms with Crippen LogP contribution in [0.15, 0.2) is 83.0 Å². The molecule has 0 radical (unpaired) electrons. The predicted octanol–water partition coefficient (Wildman–Crippen LogP) is 10.8. The molecule has 12 rings (SSSR count). The van der Waals surface area contributed by atoms with E-state index < -0.39 is 117 Å². The van der Waals surface area contributed by atoms with Crippen LogP contribution in [0.3, 0.4) is 0 Å². The fourth-order valence-electron chi connectivity index (χ4n) is 12.3. The van der Waals surface area contributed by atoms with Crippen LogP contribution in [0.4, 0.5) is 49.3 Å². The number of fused-ring (bicyclic) bond motifs is 3. The number of aryl methyl sites for hydroxylation is 3. The lowest BCUT2D eigenvalue weighted by molar-refractivity contribution is -0.239. The standard InChI is InChI=1S/C27H36BrN5O.C19H30N5O10P.C14H9ClF3NO2.C8H10FN3O3S.C4H4O4/c1-18-15-31(12-13-33(18)25-7-4-22-14-23(28)5-6-24(22)25)16-21-8-10-32(11-9-21)27(34)26-19(2)29-17-30-20(26)3;1-12(2)33-18(25)28-9-31-35(27,32-10-29-19(26)34-13(3)4)11-30-14(5)6-24-8-23-15-16(20)21-7-22-17(15)24;15-9-3-4-11-10(7-9)13(14(16,17)18,21-12(20)19-11)6-5-8-1-2-8;9-4-1-12(8(14)11-7(4)10)5-3-16-6(2-13)15-5;5-3(6)1-2-4(7)8/h5-6,14,17-18,21,25H,4,7-13,15-16H2,1-3H3;7-8,12-14H,6,9-11H2,1-5H3,(H2,20,21,22);3-4,7-8H,1-2H2,(H,19,20);1,5-6,13H,2-3H2,(H2,10,11,14);1-2H,(H,5,6)(H,7,8)/b;;;;2-1+/t18-,25?;14-;13-;5-,6+;/m0100./s1. The number of aliphatic hydroxyl groups is 1. The highest BCUT2D eigenvalue weighted by Crippen LogP contribution is 2.50. The van der Waals surface area contributed by atoms with E-state index in [4.69, 9.17) is 75.9 Å². The molecule has 42 heteroatoms. The van der Waals surface area contributed by atoms with Gasteiger partial charge in [0.1, 0.15) is 36.2 Å². The van der Waals surface area contributed by atoms with Crippen molar-refractivity contribution in [2.24, 2.45) is 11.8 Å². The molecule has 1 saturated carbocycles. The van der Waals surface area contributed by atoms with Crippen LogP contribution in [0.25, 0.3) is 11.2 Å². The first kappa shape index (κ1) is 90.4. The second-order valence-electron chi connectivity index (χ2n) is 27.2. The van der Waals surface area contributed by atoms with Crippen LogP contribution in [-0.2, 0) is 74.9 Å². The smallest absolute Gasteiger partial charge is 0.478 e. The largest absolute Gasteiger partial charge is 0.510 e. The number of halogens is 6. The van der Waals surface area contributed by atoms with Gasteiger partial charge in [-0.3, -0.25) is 33.2 Å². The van der Waals surface area contributed by atoms with Crippen LogP contribution in [0, 0.1) is 43.3 Å². The number of piperazine rings is 1.